The molecule has 0 spiro atoms. The highest BCUT2D eigenvalue weighted by Gasteiger charge is 2.20. The molecule has 28 heavy (non-hydrogen) atoms. The number of carbonyl (C=O) groups excluding carboxylic acids is 1. The topological polar surface area (TPSA) is 64.4 Å². The van der Waals surface area contributed by atoms with Crippen LogP contribution in [0.15, 0.2) is 53.3 Å². The number of likely N-dealkylation sites (N-methyl/N-ethyl adjacent to an activating group) is 1. The Balaban J connectivity index is 1.82. The molecule has 0 radical (unpaired) electrons. The number of nitrogens with zero attached hydrogens (tertiary/aromatic N) is 3. The van der Waals surface area contributed by atoms with Gasteiger partial charge in [-0.2, -0.15) is 5.10 Å². The van der Waals surface area contributed by atoms with Gasteiger partial charge in [0.1, 0.15) is 12.4 Å². The van der Waals surface area contributed by atoms with E-state index in [1.54, 1.807) is 55.6 Å². The fraction of sp³-hybridized carbons (Fsp3) is 0.286. The molecule has 1 amide bonds. The highest BCUT2D eigenvalue weighted by atomic mass is 35.5. The van der Waals surface area contributed by atoms with Crippen molar-refractivity contribution >= 4 is 28.3 Å². The molecule has 1 heterocycles. The van der Waals surface area contributed by atoms with Gasteiger partial charge in [0.05, 0.1) is 18.0 Å². The predicted molar refractivity (Wildman–Crippen MR) is 110 cm³/mol. The van der Waals surface area contributed by atoms with Crippen LogP contribution in [0.2, 0.25) is 5.02 Å². The molecule has 0 atom stereocenters. The summed E-state index contributed by atoms with van der Waals surface area (Å²) >= 11 is 5.94. The average Bonchev–Trinajstić information content (AvgIpc) is 2.67. The third kappa shape index (κ3) is 4.17. The van der Waals surface area contributed by atoms with Crippen molar-refractivity contribution in [3.63, 3.8) is 0 Å². The molecule has 0 fully saturated rings. The van der Waals surface area contributed by atoms with E-state index < -0.39 is 0 Å². The zero-order valence-corrected chi connectivity index (χ0v) is 16.8. The van der Waals surface area contributed by atoms with Gasteiger partial charge in [0.2, 0.25) is 0 Å². The maximum atomic E-state index is 13.0. The van der Waals surface area contributed by atoms with Crippen molar-refractivity contribution in [2.45, 2.75) is 19.9 Å². The van der Waals surface area contributed by atoms with Crippen LogP contribution >= 0.6 is 11.6 Å². The predicted octanol–water partition coefficient (Wildman–Crippen LogP) is 3.78. The Morgan fingerprint density at radius 1 is 1.18 bits per heavy atom. The monoisotopic (exact) mass is 399 g/mol. The van der Waals surface area contributed by atoms with Gasteiger partial charge in [-0.05, 0) is 38.1 Å². The number of aromatic nitrogens is 2. The van der Waals surface area contributed by atoms with Crippen LogP contribution in [0.25, 0.3) is 10.8 Å². The fourth-order valence-electron chi connectivity index (χ4n) is 2.85. The molecule has 3 aromatic rings. The van der Waals surface area contributed by atoms with E-state index >= 15 is 0 Å². The van der Waals surface area contributed by atoms with Crippen LogP contribution in [0.1, 0.15) is 30.4 Å². The second kappa shape index (κ2) is 8.44. The van der Waals surface area contributed by atoms with Gasteiger partial charge < -0.3 is 9.64 Å². The van der Waals surface area contributed by atoms with Gasteiger partial charge in [0, 0.05) is 17.5 Å². The summed E-state index contributed by atoms with van der Waals surface area (Å²) < 4.78 is 7.01. The Kier molecular flexibility index (Phi) is 5.99. The van der Waals surface area contributed by atoms with Crippen LogP contribution in [0.5, 0.6) is 5.75 Å². The molecule has 0 unspecified atom stereocenters. The minimum absolute atomic E-state index is 0.153. The number of hydrogen-bond acceptors (Lipinski definition) is 4. The number of benzene rings is 2. The minimum atomic E-state index is -0.264. The van der Waals surface area contributed by atoms with E-state index in [9.17, 15) is 9.59 Å². The van der Waals surface area contributed by atoms with E-state index in [2.05, 4.69) is 5.10 Å². The quantitative estimate of drug-likeness (QED) is 0.632. The average molecular weight is 400 g/mol. The molecule has 0 aliphatic carbocycles. The van der Waals surface area contributed by atoms with E-state index in [0.717, 1.165) is 0 Å². The molecule has 6 nitrogen and oxygen atoms in total. The van der Waals surface area contributed by atoms with Crippen molar-refractivity contribution in [1.29, 1.82) is 0 Å². The van der Waals surface area contributed by atoms with E-state index in [4.69, 9.17) is 16.3 Å². The molecule has 0 saturated heterocycles. The van der Waals surface area contributed by atoms with Crippen molar-refractivity contribution in [2.75, 3.05) is 20.2 Å². The summed E-state index contributed by atoms with van der Waals surface area (Å²) in [6.07, 6.45) is 0. The summed E-state index contributed by atoms with van der Waals surface area (Å²) in [6.45, 7) is 4.40. The van der Waals surface area contributed by atoms with Gasteiger partial charge in [0.25, 0.3) is 11.5 Å². The molecule has 146 valence electrons. The normalized spacial score (nSPS) is 11.0. The number of ether oxygens (including phenoxy) is 1. The van der Waals surface area contributed by atoms with E-state index in [1.807, 2.05) is 13.8 Å². The second-order valence-corrected chi connectivity index (χ2v) is 7.21. The first-order chi connectivity index (χ1) is 13.4. The Morgan fingerprint density at radius 2 is 1.89 bits per heavy atom. The first-order valence-corrected chi connectivity index (χ1v) is 9.41. The summed E-state index contributed by atoms with van der Waals surface area (Å²) in [5.41, 5.74) is 0.0586. The molecule has 0 bridgehead atoms. The zero-order valence-electron chi connectivity index (χ0n) is 16.1. The van der Waals surface area contributed by atoms with Gasteiger partial charge in [-0.3, -0.25) is 9.59 Å². The smallest absolute Gasteiger partial charge is 0.274 e. The number of amides is 1. The van der Waals surface area contributed by atoms with Crippen LogP contribution in [-0.2, 0) is 0 Å². The molecule has 2 aromatic carbocycles. The van der Waals surface area contributed by atoms with Gasteiger partial charge >= 0.3 is 0 Å². The summed E-state index contributed by atoms with van der Waals surface area (Å²) in [6, 6.07) is 14.0. The lowest BCUT2D eigenvalue weighted by Gasteiger charge is -2.19. The third-order valence-corrected chi connectivity index (χ3v) is 4.59. The van der Waals surface area contributed by atoms with Crippen molar-refractivity contribution in [3.05, 3.63) is 69.6 Å². The second-order valence-electron chi connectivity index (χ2n) is 6.77. The van der Waals surface area contributed by atoms with Crippen LogP contribution in [-0.4, -0.2) is 40.8 Å². The lowest BCUT2D eigenvalue weighted by atomic mass is 10.1. The minimum Gasteiger partial charge on any atom is -0.492 e. The number of halogens is 1. The number of carbonyl (C=O) groups is 1. The standard InChI is InChI=1S/C21H22ClN3O3/c1-14(2)25-20(26)18-10-5-4-9-17(18)19(23-25)21(27)24(3)11-12-28-16-8-6-7-15(22)13-16/h4-10,13-14H,11-12H2,1-3H3. The molecule has 0 aliphatic rings. The van der Waals surface area contributed by atoms with Crippen molar-refractivity contribution in [2.24, 2.45) is 0 Å². The lowest BCUT2D eigenvalue weighted by Crippen LogP contribution is -2.34. The molecule has 1 aromatic heterocycles. The lowest BCUT2D eigenvalue weighted by molar-refractivity contribution is 0.0767. The van der Waals surface area contributed by atoms with Gasteiger partial charge in [0.15, 0.2) is 5.69 Å². The Bertz CT molecular complexity index is 1060. The fourth-order valence-corrected chi connectivity index (χ4v) is 3.03. The van der Waals surface area contributed by atoms with Gasteiger partial charge in [-0.15, -0.1) is 0 Å². The largest absolute Gasteiger partial charge is 0.492 e. The zero-order chi connectivity index (χ0) is 20.3. The third-order valence-electron chi connectivity index (χ3n) is 4.36. The van der Waals surface area contributed by atoms with E-state index in [0.29, 0.717) is 34.7 Å². The molecule has 0 saturated carbocycles. The Labute approximate surface area is 168 Å². The van der Waals surface area contributed by atoms with Crippen molar-refractivity contribution < 1.29 is 9.53 Å². The molecular weight excluding hydrogens is 378 g/mol. The first-order valence-electron chi connectivity index (χ1n) is 9.04. The molecule has 7 heteroatoms. The van der Waals surface area contributed by atoms with E-state index in [1.165, 1.54) is 9.58 Å². The maximum Gasteiger partial charge on any atom is 0.274 e. The summed E-state index contributed by atoms with van der Waals surface area (Å²) in [5, 5.41) is 5.98. The van der Waals surface area contributed by atoms with Crippen LogP contribution < -0.4 is 10.3 Å². The summed E-state index contributed by atoms with van der Waals surface area (Å²) in [4.78, 5) is 27.2. The number of hydrogen-bond donors (Lipinski definition) is 0. The molecule has 0 N–H and O–H groups in total. The number of rotatable bonds is 6. The molecular formula is C21H22ClN3O3. The maximum absolute atomic E-state index is 13.0. The summed E-state index contributed by atoms with van der Waals surface area (Å²) in [7, 11) is 1.69. The van der Waals surface area contributed by atoms with E-state index in [-0.39, 0.29) is 23.2 Å². The molecule has 0 aliphatic heterocycles. The number of fused-ring (bicyclic) bond motifs is 1. The Morgan fingerprint density at radius 3 is 2.57 bits per heavy atom. The van der Waals surface area contributed by atoms with Gasteiger partial charge in [-0.1, -0.05) is 35.9 Å². The van der Waals surface area contributed by atoms with Crippen LogP contribution in [0, 0.1) is 0 Å². The van der Waals surface area contributed by atoms with Crippen LogP contribution in [0.4, 0.5) is 0 Å². The highest BCUT2D eigenvalue weighted by molar-refractivity contribution is 6.30. The van der Waals surface area contributed by atoms with Crippen LogP contribution in [0.3, 0.4) is 0 Å². The van der Waals surface area contributed by atoms with Gasteiger partial charge in [-0.25, -0.2) is 4.68 Å². The van der Waals surface area contributed by atoms with Crippen molar-refractivity contribution in [1.82, 2.24) is 14.7 Å². The Hall–Kier alpha value is -2.86. The first kappa shape index (κ1) is 19.9. The summed E-state index contributed by atoms with van der Waals surface area (Å²) in [5.74, 6) is 0.380. The SMILES string of the molecule is CC(C)n1nc(C(=O)N(C)CCOc2cccc(Cl)c2)c2ccccc2c1=O. The highest BCUT2D eigenvalue weighted by Crippen LogP contribution is 2.18. The van der Waals surface area contributed by atoms with Crippen molar-refractivity contribution in [3.8, 4) is 5.75 Å². The molecule has 3 rings (SSSR count).